The summed E-state index contributed by atoms with van der Waals surface area (Å²) in [5.41, 5.74) is 1.43. The number of hydrogen-bond donors (Lipinski definition) is 0. The number of carbonyl (C=O) groups excluding carboxylic acids is 3. The summed E-state index contributed by atoms with van der Waals surface area (Å²) >= 11 is 1.49. The number of benzene rings is 1. The second-order valence-corrected chi connectivity index (χ2v) is 24.4. The lowest BCUT2D eigenvalue weighted by Crippen LogP contribution is -2.62. The second-order valence-electron chi connectivity index (χ2n) is 12.9. The van der Waals surface area contributed by atoms with Crippen molar-refractivity contribution in [3.8, 4) is 0 Å². The SMILES string of the molecule is C=CCOC(=O)c1ccc(C2=C(C(=O)OCC[Si](C)(C)C)N3C(=O)[C@H]([C@@H](C)O[Si](C)(C)C(C)(C)C)[C@H]3S2)cc1. The Kier molecular flexibility index (Phi) is 9.46. The summed E-state index contributed by atoms with van der Waals surface area (Å²) in [5, 5.41) is -0.232. The van der Waals surface area contributed by atoms with Gasteiger partial charge in [-0.15, -0.1) is 0 Å². The van der Waals surface area contributed by atoms with E-state index in [-0.39, 0.29) is 40.6 Å². The summed E-state index contributed by atoms with van der Waals surface area (Å²) in [4.78, 5) is 41.4. The number of nitrogens with zero attached hydrogens (tertiary/aromatic N) is 1. The molecular weight excluding hydrogens is 547 g/mol. The number of hydrogen-bond acceptors (Lipinski definition) is 7. The average molecular weight is 590 g/mol. The van der Waals surface area contributed by atoms with Crippen molar-refractivity contribution in [1.29, 1.82) is 0 Å². The fourth-order valence-corrected chi connectivity index (χ4v) is 7.92. The maximum atomic E-state index is 13.5. The van der Waals surface area contributed by atoms with Crippen LogP contribution in [0.3, 0.4) is 0 Å². The van der Waals surface area contributed by atoms with E-state index in [9.17, 15) is 14.4 Å². The molecular formula is C29H43NO6SSi2. The highest BCUT2D eigenvalue weighted by Crippen LogP contribution is 2.55. The first kappa shape index (κ1) is 31.4. The molecule has 2 aliphatic rings. The first-order chi connectivity index (χ1) is 18.0. The predicted octanol–water partition coefficient (Wildman–Crippen LogP) is 6.52. The molecule has 3 rings (SSSR count). The topological polar surface area (TPSA) is 82.1 Å². The Bertz CT molecular complexity index is 1150. The van der Waals surface area contributed by atoms with Gasteiger partial charge < -0.3 is 13.9 Å². The third kappa shape index (κ3) is 6.96. The zero-order valence-electron chi connectivity index (χ0n) is 24.8. The molecule has 2 aliphatic heterocycles. The Morgan fingerprint density at radius 3 is 2.23 bits per heavy atom. The van der Waals surface area contributed by atoms with E-state index >= 15 is 0 Å². The summed E-state index contributed by atoms with van der Waals surface area (Å²) in [6.07, 6.45) is 1.23. The van der Waals surface area contributed by atoms with Crippen LogP contribution in [0.2, 0.25) is 43.8 Å². The maximum absolute atomic E-state index is 13.5. The number of rotatable bonds is 11. The van der Waals surface area contributed by atoms with Crippen LogP contribution >= 0.6 is 11.8 Å². The van der Waals surface area contributed by atoms with Crippen LogP contribution in [-0.4, -0.2) is 63.8 Å². The van der Waals surface area contributed by atoms with Crippen molar-refractivity contribution in [2.75, 3.05) is 13.2 Å². The number of amides is 1. The molecule has 1 fully saturated rings. The van der Waals surface area contributed by atoms with Gasteiger partial charge in [0.05, 0.1) is 24.2 Å². The van der Waals surface area contributed by atoms with Gasteiger partial charge in [0.25, 0.3) is 0 Å². The zero-order chi connectivity index (χ0) is 29.3. The van der Waals surface area contributed by atoms with E-state index in [0.717, 1.165) is 11.6 Å². The average Bonchev–Trinajstić information content (AvgIpc) is 3.16. The van der Waals surface area contributed by atoms with Crippen molar-refractivity contribution in [3.63, 3.8) is 0 Å². The highest BCUT2D eigenvalue weighted by Gasteiger charge is 2.59. The van der Waals surface area contributed by atoms with Gasteiger partial charge in [-0.25, -0.2) is 9.59 Å². The quantitative estimate of drug-likeness (QED) is 0.126. The van der Waals surface area contributed by atoms with Crippen molar-refractivity contribution in [2.45, 2.75) is 83.0 Å². The van der Waals surface area contributed by atoms with Crippen molar-refractivity contribution in [1.82, 2.24) is 4.90 Å². The molecule has 7 nitrogen and oxygen atoms in total. The lowest BCUT2D eigenvalue weighted by molar-refractivity contribution is -0.157. The number of esters is 2. The molecule has 3 atom stereocenters. The third-order valence-electron chi connectivity index (χ3n) is 7.56. The van der Waals surface area contributed by atoms with Crippen LogP contribution in [0, 0.1) is 5.92 Å². The van der Waals surface area contributed by atoms with Gasteiger partial charge >= 0.3 is 11.9 Å². The summed E-state index contributed by atoms with van der Waals surface area (Å²) < 4.78 is 17.4. The van der Waals surface area contributed by atoms with Crippen molar-refractivity contribution < 1.29 is 28.3 Å². The zero-order valence-corrected chi connectivity index (χ0v) is 27.6. The molecule has 1 saturated heterocycles. The molecule has 0 saturated carbocycles. The van der Waals surface area contributed by atoms with Crippen molar-refractivity contribution in [3.05, 3.63) is 53.7 Å². The summed E-state index contributed by atoms with van der Waals surface area (Å²) in [6, 6.07) is 7.74. The van der Waals surface area contributed by atoms with Gasteiger partial charge in [-0.1, -0.05) is 77.0 Å². The minimum absolute atomic E-state index is 0.0138. The number of ether oxygens (including phenoxy) is 2. The highest BCUT2D eigenvalue weighted by atomic mass is 32.2. The van der Waals surface area contributed by atoms with Crippen LogP contribution in [0.5, 0.6) is 0 Å². The van der Waals surface area contributed by atoms with E-state index in [0.29, 0.717) is 17.1 Å². The molecule has 2 heterocycles. The molecule has 0 spiro atoms. The molecule has 214 valence electrons. The summed E-state index contributed by atoms with van der Waals surface area (Å²) in [6.45, 7) is 23.5. The first-order valence-corrected chi connectivity index (χ1v) is 21.0. The Balaban J connectivity index is 1.89. The number of fused-ring (bicyclic) bond motifs is 1. The fourth-order valence-electron chi connectivity index (χ4n) is 4.17. The van der Waals surface area contributed by atoms with E-state index in [1.807, 2.05) is 6.92 Å². The van der Waals surface area contributed by atoms with Crippen LogP contribution in [0.1, 0.15) is 43.6 Å². The molecule has 0 aromatic heterocycles. The summed E-state index contributed by atoms with van der Waals surface area (Å²) in [5.74, 6) is -1.41. The van der Waals surface area contributed by atoms with E-state index in [2.05, 4.69) is 60.1 Å². The van der Waals surface area contributed by atoms with Gasteiger partial charge in [0, 0.05) is 13.0 Å². The molecule has 0 bridgehead atoms. The van der Waals surface area contributed by atoms with Gasteiger partial charge in [-0.3, -0.25) is 9.69 Å². The van der Waals surface area contributed by atoms with Crippen LogP contribution < -0.4 is 0 Å². The van der Waals surface area contributed by atoms with Crippen molar-refractivity contribution >= 4 is 50.9 Å². The molecule has 1 amide bonds. The number of β-lactam (4-membered cyclic amide) rings is 1. The first-order valence-electron chi connectivity index (χ1n) is 13.5. The molecule has 0 aliphatic carbocycles. The predicted molar refractivity (Wildman–Crippen MR) is 162 cm³/mol. The molecule has 39 heavy (non-hydrogen) atoms. The second kappa shape index (κ2) is 11.8. The van der Waals surface area contributed by atoms with E-state index in [1.54, 1.807) is 29.2 Å². The molecule has 1 aromatic rings. The molecule has 10 heteroatoms. The lowest BCUT2D eigenvalue weighted by Gasteiger charge is -2.48. The Labute approximate surface area is 239 Å². The Hall–Kier alpha value is -2.15. The number of carbonyl (C=O) groups is 3. The van der Waals surface area contributed by atoms with Gasteiger partial charge in [0.2, 0.25) is 5.91 Å². The largest absolute Gasteiger partial charge is 0.461 e. The van der Waals surface area contributed by atoms with Crippen LogP contribution in [0.25, 0.3) is 4.91 Å². The van der Waals surface area contributed by atoms with E-state index < -0.39 is 28.3 Å². The molecule has 1 aromatic carbocycles. The Morgan fingerprint density at radius 1 is 1.08 bits per heavy atom. The minimum atomic E-state index is -2.10. The lowest BCUT2D eigenvalue weighted by atomic mass is 9.92. The van der Waals surface area contributed by atoms with Crippen LogP contribution in [0.4, 0.5) is 0 Å². The standard InChI is InChI=1S/C29H43NO6SSi2/c1-11-16-34-27(32)21-14-12-20(13-15-21)24-23(28(33)35-17-18-38(6,7)8)30-25(31)22(26(30)37-24)19(2)36-39(9,10)29(3,4)5/h11-15,19,22,26H,1,16-18H2,2-10H3/t19-,22+,26-/m1/s1. The third-order valence-corrected chi connectivity index (χ3v) is 15.3. The smallest absolute Gasteiger partial charge is 0.356 e. The highest BCUT2D eigenvalue weighted by molar-refractivity contribution is 8.09. The maximum Gasteiger partial charge on any atom is 0.356 e. The minimum Gasteiger partial charge on any atom is -0.461 e. The van der Waals surface area contributed by atoms with E-state index in [4.69, 9.17) is 13.9 Å². The normalized spacial score (nSPS) is 20.3. The monoisotopic (exact) mass is 589 g/mol. The van der Waals surface area contributed by atoms with Gasteiger partial charge in [0.1, 0.15) is 17.7 Å². The van der Waals surface area contributed by atoms with E-state index in [1.165, 1.54) is 17.8 Å². The van der Waals surface area contributed by atoms with Crippen LogP contribution in [0.15, 0.2) is 42.6 Å². The van der Waals surface area contributed by atoms with Gasteiger partial charge in [-0.2, -0.15) is 0 Å². The van der Waals surface area contributed by atoms with Crippen molar-refractivity contribution in [2.24, 2.45) is 5.92 Å². The van der Waals surface area contributed by atoms with Crippen LogP contribution in [-0.2, 0) is 23.5 Å². The molecule has 0 N–H and O–H groups in total. The molecule has 0 radical (unpaired) electrons. The number of thioether (sulfide) groups is 1. The van der Waals surface area contributed by atoms with Gasteiger partial charge in [-0.05, 0) is 48.8 Å². The Morgan fingerprint density at radius 2 is 1.69 bits per heavy atom. The fraction of sp³-hybridized carbons (Fsp3) is 0.552. The van der Waals surface area contributed by atoms with Gasteiger partial charge in [0.15, 0.2) is 8.32 Å². The molecule has 0 unspecified atom stereocenters. The summed E-state index contributed by atoms with van der Waals surface area (Å²) in [7, 11) is -3.51.